The van der Waals surface area contributed by atoms with Crippen molar-refractivity contribution in [2.75, 3.05) is 5.75 Å². The lowest BCUT2D eigenvalue weighted by Crippen LogP contribution is -2.22. The Morgan fingerprint density at radius 3 is 2.71 bits per heavy atom. The van der Waals surface area contributed by atoms with Crippen LogP contribution >= 0.6 is 23.1 Å². The monoisotopic (exact) mass is 358 g/mol. The van der Waals surface area contributed by atoms with Gasteiger partial charge in [0.05, 0.1) is 21.5 Å². The summed E-state index contributed by atoms with van der Waals surface area (Å²) in [6, 6.07) is 11.2. The predicted octanol–water partition coefficient (Wildman–Crippen LogP) is 4.02. The van der Waals surface area contributed by atoms with Gasteiger partial charge in [0.2, 0.25) is 0 Å². The van der Waals surface area contributed by atoms with Crippen molar-refractivity contribution in [3.63, 3.8) is 0 Å². The minimum absolute atomic E-state index is 0.0533. The van der Waals surface area contributed by atoms with E-state index < -0.39 is 0 Å². The SMILES string of the molecule is CCc1ccc(C(=O)CSc2nc3ccccc3c(=O)n2CC)s1. The number of nitrogens with zero attached hydrogens (tertiary/aromatic N) is 2. The molecule has 24 heavy (non-hydrogen) atoms. The number of Topliss-reactive ketones (excluding diaryl/α,β-unsaturated/α-hetero) is 1. The van der Waals surface area contributed by atoms with Crippen LogP contribution in [-0.2, 0) is 13.0 Å². The van der Waals surface area contributed by atoms with Crippen LogP contribution in [0.3, 0.4) is 0 Å². The second-order valence-electron chi connectivity index (χ2n) is 5.29. The Hall–Kier alpha value is -1.92. The normalized spacial score (nSPS) is 11.1. The fourth-order valence-electron chi connectivity index (χ4n) is 2.46. The number of aromatic nitrogens is 2. The lowest BCUT2D eigenvalue weighted by molar-refractivity contribution is 0.102. The second-order valence-corrected chi connectivity index (χ2v) is 7.40. The molecule has 2 aromatic heterocycles. The van der Waals surface area contributed by atoms with Gasteiger partial charge in [0.1, 0.15) is 0 Å². The van der Waals surface area contributed by atoms with E-state index in [0.717, 1.165) is 11.3 Å². The van der Waals surface area contributed by atoms with Gasteiger partial charge in [-0.2, -0.15) is 0 Å². The Kier molecular flexibility index (Phi) is 5.16. The van der Waals surface area contributed by atoms with Gasteiger partial charge in [0, 0.05) is 11.4 Å². The molecule has 0 saturated carbocycles. The Balaban J connectivity index is 1.86. The molecule has 0 bridgehead atoms. The molecule has 0 amide bonds. The van der Waals surface area contributed by atoms with Crippen molar-refractivity contribution in [3.05, 3.63) is 56.5 Å². The van der Waals surface area contributed by atoms with Crippen LogP contribution in [-0.4, -0.2) is 21.1 Å². The number of carbonyl (C=O) groups excluding carboxylic acids is 1. The smallest absolute Gasteiger partial charge is 0.262 e. The molecule has 6 heteroatoms. The zero-order valence-electron chi connectivity index (χ0n) is 13.6. The molecule has 0 saturated heterocycles. The molecule has 0 fully saturated rings. The summed E-state index contributed by atoms with van der Waals surface area (Å²) in [6.07, 6.45) is 0.937. The Bertz CT molecular complexity index is 944. The molecule has 3 aromatic rings. The van der Waals surface area contributed by atoms with Gasteiger partial charge in [-0.05, 0) is 37.6 Å². The zero-order chi connectivity index (χ0) is 17.1. The summed E-state index contributed by atoms with van der Waals surface area (Å²) in [5, 5.41) is 1.21. The lowest BCUT2D eigenvalue weighted by atomic mass is 10.2. The average Bonchev–Trinajstić information content (AvgIpc) is 3.09. The number of hydrogen-bond acceptors (Lipinski definition) is 5. The third-order valence-corrected chi connectivity index (χ3v) is 6.01. The van der Waals surface area contributed by atoms with Crippen LogP contribution in [0.4, 0.5) is 0 Å². The molecule has 0 aliphatic carbocycles. The van der Waals surface area contributed by atoms with Crippen molar-refractivity contribution in [3.8, 4) is 0 Å². The van der Waals surface area contributed by atoms with E-state index in [0.29, 0.717) is 22.6 Å². The standard InChI is InChI=1S/C18H18N2O2S2/c1-3-12-9-10-16(24-12)15(21)11-23-18-19-14-8-6-5-7-13(14)17(22)20(18)4-2/h5-10H,3-4,11H2,1-2H3. The van der Waals surface area contributed by atoms with Gasteiger partial charge in [-0.25, -0.2) is 4.98 Å². The van der Waals surface area contributed by atoms with Crippen molar-refractivity contribution in [2.45, 2.75) is 32.0 Å². The van der Waals surface area contributed by atoms with Crippen LogP contribution in [0.15, 0.2) is 46.3 Å². The molecule has 0 N–H and O–H groups in total. The maximum Gasteiger partial charge on any atom is 0.262 e. The number of thiophene rings is 1. The van der Waals surface area contributed by atoms with E-state index in [1.807, 2.05) is 37.3 Å². The number of hydrogen-bond donors (Lipinski definition) is 0. The molecule has 0 unspecified atom stereocenters. The number of rotatable bonds is 6. The van der Waals surface area contributed by atoms with Crippen molar-refractivity contribution in [1.82, 2.24) is 9.55 Å². The van der Waals surface area contributed by atoms with Gasteiger partial charge in [-0.15, -0.1) is 11.3 Å². The first-order chi connectivity index (χ1) is 11.6. The maximum absolute atomic E-state index is 12.6. The van der Waals surface area contributed by atoms with E-state index in [2.05, 4.69) is 11.9 Å². The third-order valence-electron chi connectivity index (χ3n) is 3.76. The summed E-state index contributed by atoms with van der Waals surface area (Å²) in [5.41, 5.74) is 0.619. The van der Waals surface area contributed by atoms with E-state index in [9.17, 15) is 9.59 Å². The van der Waals surface area contributed by atoms with E-state index in [1.54, 1.807) is 10.6 Å². The van der Waals surface area contributed by atoms with Crippen molar-refractivity contribution >= 4 is 39.8 Å². The molecule has 124 valence electrons. The van der Waals surface area contributed by atoms with E-state index in [1.165, 1.54) is 28.0 Å². The fourth-order valence-corrected chi connectivity index (χ4v) is 4.38. The lowest BCUT2D eigenvalue weighted by Gasteiger charge is -2.10. The first-order valence-electron chi connectivity index (χ1n) is 7.88. The van der Waals surface area contributed by atoms with Crippen molar-refractivity contribution < 1.29 is 4.79 Å². The zero-order valence-corrected chi connectivity index (χ0v) is 15.2. The molecular formula is C18H18N2O2S2. The highest BCUT2D eigenvalue weighted by molar-refractivity contribution is 7.99. The Morgan fingerprint density at radius 1 is 1.21 bits per heavy atom. The molecule has 0 aliphatic rings. The predicted molar refractivity (Wildman–Crippen MR) is 100 cm³/mol. The number of aryl methyl sites for hydroxylation is 1. The fraction of sp³-hybridized carbons (Fsp3) is 0.278. The molecule has 1 aromatic carbocycles. The molecular weight excluding hydrogens is 340 g/mol. The molecule has 4 nitrogen and oxygen atoms in total. The minimum Gasteiger partial charge on any atom is -0.292 e. The molecule has 0 spiro atoms. The summed E-state index contributed by atoms with van der Waals surface area (Å²) < 4.78 is 1.63. The molecule has 0 radical (unpaired) electrons. The first kappa shape index (κ1) is 16.9. The molecule has 0 atom stereocenters. The first-order valence-corrected chi connectivity index (χ1v) is 9.68. The van der Waals surface area contributed by atoms with Crippen LogP contribution < -0.4 is 5.56 Å². The number of benzene rings is 1. The summed E-state index contributed by atoms with van der Waals surface area (Å²) in [4.78, 5) is 31.5. The number of ketones is 1. The average molecular weight is 358 g/mol. The highest BCUT2D eigenvalue weighted by Gasteiger charge is 2.14. The highest BCUT2D eigenvalue weighted by atomic mass is 32.2. The summed E-state index contributed by atoms with van der Waals surface area (Å²) in [7, 11) is 0. The van der Waals surface area contributed by atoms with Gasteiger partial charge in [0.15, 0.2) is 10.9 Å². The van der Waals surface area contributed by atoms with Gasteiger partial charge in [-0.3, -0.25) is 14.2 Å². The Morgan fingerprint density at radius 2 is 2.00 bits per heavy atom. The van der Waals surface area contributed by atoms with Gasteiger partial charge >= 0.3 is 0 Å². The highest BCUT2D eigenvalue weighted by Crippen LogP contribution is 2.22. The second kappa shape index (κ2) is 7.32. The van der Waals surface area contributed by atoms with Crippen molar-refractivity contribution in [1.29, 1.82) is 0 Å². The largest absolute Gasteiger partial charge is 0.292 e. The number of fused-ring (bicyclic) bond motifs is 1. The van der Waals surface area contributed by atoms with Crippen LogP contribution in [0.1, 0.15) is 28.4 Å². The molecule has 2 heterocycles. The van der Waals surface area contributed by atoms with Crippen molar-refractivity contribution in [2.24, 2.45) is 0 Å². The topological polar surface area (TPSA) is 52.0 Å². The summed E-state index contributed by atoms with van der Waals surface area (Å²) >= 11 is 2.87. The van der Waals surface area contributed by atoms with Gasteiger partial charge < -0.3 is 0 Å². The number of carbonyl (C=O) groups is 1. The van der Waals surface area contributed by atoms with Gasteiger partial charge in [-0.1, -0.05) is 30.8 Å². The Labute approximate surface area is 148 Å². The summed E-state index contributed by atoms with van der Waals surface area (Å²) in [6.45, 7) is 4.52. The maximum atomic E-state index is 12.6. The van der Waals surface area contributed by atoms with Crippen LogP contribution in [0.2, 0.25) is 0 Å². The molecule has 0 aliphatic heterocycles. The van der Waals surface area contributed by atoms with Crippen LogP contribution in [0.5, 0.6) is 0 Å². The quantitative estimate of drug-likeness (QED) is 0.379. The number of para-hydroxylation sites is 1. The third kappa shape index (κ3) is 3.30. The van der Waals surface area contributed by atoms with E-state index in [4.69, 9.17) is 0 Å². The summed E-state index contributed by atoms with van der Waals surface area (Å²) in [5.74, 6) is 0.365. The number of thioether (sulfide) groups is 1. The molecule has 3 rings (SSSR count). The minimum atomic E-state index is -0.0533. The van der Waals surface area contributed by atoms with Crippen LogP contribution in [0.25, 0.3) is 10.9 Å². The van der Waals surface area contributed by atoms with Gasteiger partial charge in [0.25, 0.3) is 5.56 Å². The van der Waals surface area contributed by atoms with E-state index >= 15 is 0 Å². The van der Waals surface area contributed by atoms with E-state index in [-0.39, 0.29) is 17.1 Å². The van der Waals surface area contributed by atoms with Crippen LogP contribution in [0, 0.1) is 0 Å².